The van der Waals surface area contributed by atoms with Crippen molar-refractivity contribution < 1.29 is 5.11 Å². The van der Waals surface area contributed by atoms with E-state index in [1.807, 2.05) is 0 Å². The van der Waals surface area contributed by atoms with Crippen LogP contribution >= 0.6 is 0 Å². The smallest absolute Gasteiger partial charge is 0.0431 e. The largest absolute Gasteiger partial charge is 0.396 e. The first-order valence-corrected chi connectivity index (χ1v) is 5.65. The van der Waals surface area contributed by atoms with Gasteiger partial charge in [0.2, 0.25) is 0 Å². The highest BCUT2D eigenvalue weighted by atomic mass is 16.2. The van der Waals surface area contributed by atoms with E-state index in [0.717, 1.165) is 12.3 Å². The lowest BCUT2D eigenvalue weighted by atomic mass is 9.74. The highest BCUT2D eigenvalue weighted by Crippen LogP contribution is 2.34. The van der Waals surface area contributed by atoms with Crippen molar-refractivity contribution in [2.24, 2.45) is 11.3 Å². The zero-order chi connectivity index (χ0) is 10.3. The van der Waals surface area contributed by atoms with Crippen LogP contribution in [0.3, 0.4) is 0 Å². The van der Waals surface area contributed by atoms with Gasteiger partial charge in [-0.1, -0.05) is 47.0 Å². The second kappa shape index (κ2) is 6.42. The third-order valence-corrected chi connectivity index (χ3v) is 3.27. The molecule has 1 N–H and O–H groups in total. The van der Waals surface area contributed by atoms with Crippen LogP contribution in [-0.2, 0) is 0 Å². The Morgan fingerprint density at radius 3 is 2.31 bits per heavy atom. The molecule has 0 saturated carbocycles. The van der Waals surface area contributed by atoms with E-state index in [1.54, 1.807) is 0 Å². The Morgan fingerprint density at radius 1 is 1.23 bits per heavy atom. The summed E-state index contributed by atoms with van der Waals surface area (Å²) in [7, 11) is 0. The molecule has 0 aromatic rings. The van der Waals surface area contributed by atoms with Gasteiger partial charge in [-0.05, 0) is 24.2 Å². The fourth-order valence-electron chi connectivity index (χ4n) is 1.84. The van der Waals surface area contributed by atoms with Crippen molar-refractivity contribution >= 4 is 0 Å². The van der Waals surface area contributed by atoms with Gasteiger partial charge in [0.15, 0.2) is 0 Å². The molecular weight excluding hydrogens is 160 g/mol. The van der Waals surface area contributed by atoms with Gasteiger partial charge >= 0.3 is 0 Å². The predicted molar refractivity (Wildman–Crippen MR) is 58.8 cm³/mol. The van der Waals surface area contributed by atoms with Crippen LogP contribution in [-0.4, -0.2) is 11.7 Å². The maximum absolute atomic E-state index is 8.69. The molecule has 0 aliphatic rings. The lowest BCUT2D eigenvalue weighted by Crippen LogP contribution is -2.21. The van der Waals surface area contributed by atoms with E-state index >= 15 is 0 Å². The summed E-state index contributed by atoms with van der Waals surface area (Å²) < 4.78 is 0. The summed E-state index contributed by atoms with van der Waals surface area (Å²) in [4.78, 5) is 0. The van der Waals surface area contributed by atoms with E-state index in [2.05, 4.69) is 27.7 Å². The molecule has 0 aromatic carbocycles. The SMILES string of the molecule is CCCC(C)(C)C(C)CCCCO. The molecular formula is C12H26O. The van der Waals surface area contributed by atoms with Gasteiger partial charge in [-0.15, -0.1) is 0 Å². The normalized spacial score (nSPS) is 14.5. The van der Waals surface area contributed by atoms with Crippen LogP contribution in [0.15, 0.2) is 0 Å². The maximum atomic E-state index is 8.69. The molecule has 80 valence electrons. The molecule has 0 amide bonds. The van der Waals surface area contributed by atoms with Crippen molar-refractivity contribution in [3.8, 4) is 0 Å². The van der Waals surface area contributed by atoms with Gasteiger partial charge in [0.25, 0.3) is 0 Å². The van der Waals surface area contributed by atoms with E-state index in [1.165, 1.54) is 25.7 Å². The van der Waals surface area contributed by atoms with E-state index in [9.17, 15) is 0 Å². The van der Waals surface area contributed by atoms with E-state index in [0.29, 0.717) is 12.0 Å². The Morgan fingerprint density at radius 2 is 1.85 bits per heavy atom. The van der Waals surface area contributed by atoms with Gasteiger partial charge in [0, 0.05) is 6.61 Å². The Bertz CT molecular complexity index is 118. The van der Waals surface area contributed by atoms with E-state index in [-0.39, 0.29) is 0 Å². The zero-order valence-corrected chi connectivity index (χ0v) is 9.77. The van der Waals surface area contributed by atoms with Crippen LogP contribution < -0.4 is 0 Å². The quantitative estimate of drug-likeness (QED) is 0.602. The average molecular weight is 186 g/mol. The Labute approximate surface area is 83.5 Å². The Kier molecular flexibility index (Phi) is 6.40. The standard InChI is InChI=1S/C12H26O/c1-5-9-12(3,4)11(2)8-6-7-10-13/h11,13H,5-10H2,1-4H3. The zero-order valence-electron chi connectivity index (χ0n) is 9.77. The molecule has 0 heterocycles. The third kappa shape index (κ3) is 5.30. The summed E-state index contributed by atoms with van der Waals surface area (Å²) in [5, 5.41) is 8.69. The van der Waals surface area contributed by atoms with E-state index in [4.69, 9.17) is 5.11 Å². The first-order valence-electron chi connectivity index (χ1n) is 5.65. The minimum Gasteiger partial charge on any atom is -0.396 e. The topological polar surface area (TPSA) is 20.2 Å². The number of aliphatic hydroxyl groups excluding tert-OH is 1. The molecule has 1 unspecified atom stereocenters. The van der Waals surface area contributed by atoms with Gasteiger partial charge in [-0.3, -0.25) is 0 Å². The summed E-state index contributed by atoms with van der Waals surface area (Å²) in [5.41, 5.74) is 0.476. The Balaban J connectivity index is 3.72. The van der Waals surface area contributed by atoms with Crippen LogP contribution in [0.2, 0.25) is 0 Å². The summed E-state index contributed by atoms with van der Waals surface area (Å²) in [6, 6.07) is 0. The molecule has 0 saturated heterocycles. The third-order valence-electron chi connectivity index (χ3n) is 3.27. The van der Waals surface area contributed by atoms with Crippen molar-refractivity contribution in [3.63, 3.8) is 0 Å². The number of hydrogen-bond donors (Lipinski definition) is 1. The molecule has 1 heteroatoms. The molecule has 0 rings (SSSR count). The van der Waals surface area contributed by atoms with E-state index < -0.39 is 0 Å². The summed E-state index contributed by atoms with van der Waals surface area (Å²) in [6.45, 7) is 9.66. The molecule has 0 aromatic heterocycles. The molecule has 0 aliphatic carbocycles. The molecule has 13 heavy (non-hydrogen) atoms. The molecule has 0 aliphatic heterocycles. The minimum atomic E-state index is 0.348. The lowest BCUT2D eigenvalue weighted by Gasteiger charge is -2.31. The van der Waals surface area contributed by atoms with Crippen LogP contribution in [0, 0.1) is 11.3 Å². The fraction of sp³-hybridized carbons (Fsp3) is 1.00. The van der Waals surface area contributed by atoms with Crippen molar-refractivity contribution in [2.75, 3.05) is 6.61 Å². The fourth-order valence-corrected chi connectivity index (χ4v) is 1.84. The molecule has 0 spiro atoms. The number of unbranched alkanes of at least 4 members (excludes halogenated alkanes) is 1. The van der Waals surface area contributed by atoms with Gasteiger partial charge in [0.1, 0.15) is 0 Å². The first-order chi connectivity index (χ1) is 6.04. The minimum absolute atomic E-state index is 0.348. The molecule has 0 radical (unpaired) electrons. The average Bonchev–Trinajstić information content (AvgIpc) is 2.04. The highest BCUT2D eigenvalue weighted by molar-refractivity contribution is 4.74. The monoisotopic (exact) mass is 186 g/mol. The number of aliphatic hydroxyl groups is 1. The second-order valence-electron chi connectivity index (χ2n) is 4.86. The van der Waals surface area contributed by atoms with Crippen LogP contribution in [0.25, 0.3) is 0 Å². The maximum Gasteiger partial charge on any atom is 0.0431 e. The number of rotatable bonds is 7. The number of hydrogen-bond acceptors (Lipinski definition) is 1. The summed E-state index contributed by atoms with van der Waals surface area (Å²) in [6.07, 6.45) is 5.98. The molecule has 1 nitrogen and oxygen atoms in total. The van der Waals surface area contributed by atoms with Crippen LogP contribution in [0.1, 0.15) is 59.8 Å². The van der Waals surface area contributed by atoms with Gasteiger partial charge in [-0.25, -0.2) is 0 Å². The molecule has 1 atom stereocenters. The highest BCUT2D eigenvalue weighted by Gasteiger charge is 2.23. The predicted octanol–water partition coefficient (Wildman–Crippen LogP) is 3.61. The summed E-state index contributed by atoms with van der Waals surface area (Å²) in [5.74, 6) is 0.777. The van der Waals surface area contributed by atoms with Crippen molar-refractivity contribution in [2.45, 2.75) is 59.8 Å². The van der Waals surface area contributed by atoms with Crippen molar-refractivity contribution in [1.82, 2.24) is 0 Å². The molecule has 0 bridgehead atoms. The summed E-state index contributed by atoms with van der Waals surface area (Å²) >= 11 is 0. The second-order valence-corrected chi connectivity index (χ2v) is 4.86. The first kappa shape index (κ1) is 13.0. The Hall–Kier alpha value is -0.0400. The van der Waals surface area contributed by atoms with Crippen molar-refractivity contribution in [3.05, 3.63) is 0 Å². The van der Waals surface area contributed by atoms with Gasteiger partial charge < -0.3 is 5.11 Å². The van der Waals surface area contributed by atoms with Crippen LogP contribution in [0.4, 0.5) is 0 Å². The van der Waals surface area contributed by atoms with Gasteiger partial charge in [0.05, 0.1) is 0 Å². The van der Waals surface area contributed by atoms with Crippen molar-refractivity contribution in [1.29, 1.82) is 0 Å². The molecule has 0 fully saturated rings. The van der Waals surface area contributed by atoms with Gasteiger partial charge in [-0.2, -0.15) is 0 Å². The lowest BCUT2D eigenvalue weighted by molar-refractivity contribution is 0.188. The van der Waals surface area contributed by atoms with Crippen LogP contribution in [0.5, 0.6) is 0 Å².